The molecule has 0 saturated carbocycles. The predicted molar refractivity (Wildman–Crippen MR) is 181 cm³/mol. The van der Waals surface area contributed by atoms with Crippen molar-refractivity contribution in [2.45, 2.75) is 76.7 Å². The van der Waals surface area contributed by atoms with Gasteiger partial charge in [-0.25, -0.2) is 18.4 Å². The summed E-state index contributed by atoms with van der Waals surface area (Å²) in [4.78, 5) is 32.7. The van der Waals surface area contributed by atoms with E-state index in [1.807, 2.05) is 37.9 Å². The SMILES string of the molecule is C=CC(=O)N1CC[C@@H]1c1ccc(N2C[C@H](N(C(C)C)S(C)(=O)=O)[C@H]2C)c2cnc(Nc3ccnc(N4CCC(C)(O)CC4)n3)cc12. The lowest BCUT2D eigenvalue weighted by molar-refractivity contribution is -0.133. The average molecular weight is 649 g/mol. The highest BCUT2D eigenvalue weighted by molar-refractivity contribution is 7.88. The lowest BCUT2D eigenvalue weighted by atomic mass is 9.88. The third kappa shape index (κ3) is 6.03. The molecule has 0 aliphatic carbocycles. The number of fused-ring (bicyclic) bond motifs is 1. The first-order chi connectivity index (χ1) is 21.8. The van der Waals surface area contributed by atoms with Crippen molar-refractivity contribution < 1.29 is 18.3 Å². The number of carbonyl (C=O) groups is 1. The molecular weight excluding hydrogens is 604 g/mol. The molecule has 2 aromatic heterocycles. The Labute approximate surface area is 271 Å². The molecule has 246 valence electrons. The van der Waals surface area contributed by atoms with Crippen LogP contribution in [-0.4, -0.2) is 99.7 Å². The fraction of sp³-hybridized carbons (Fsp3) is 0.515. The number of aliphatic hydroxyl groups is 1. The van der Waals surface area contributed by atoms with E-state index in [9.17, 15) is 18.3 Å². The summed E-state index contributed by atoms with van der Waals surface area (Å²) < 4.78 is 26.9. The largest absolute Gasteiger partial charge is 0.390 e. The van der Waals surface area contributed by atoms with Crippen molar-refractivity contribution in [3.8, 4) is 0 Å². The number of likely N-dealkylation sites (tertiary alicyclic amines) is 1. The van der Waals surface area contributed by atoms with Gasteiger partial charge in [-0.15, -0.1) is 0 Å². The number of piperidine rings is 1. The summed E-state index contributed by atoms with van der Waals surface area (Å²) >= 11 is 0. The maximum Gasteiger partial charge on any atom is 0.246 e. The zero-order valence-corrected chi connectivity index (χ0v) is 28.0. The molecule has 46 heavy (non-hydrogen) atoms. The monoisotopic (exact) mass is 648 g/mol. The molecule has 1 aromatic carbocycles. The molecule has 0 bridgehead atoms. The number of amides is 1. The van der Waals surface area contributed by atoms with Crippen LogP contribution in [-0.2, 0) is 14.8 Å². The van der Waals surface area contributed by atoms with Gasteiger partial charge in [0.05, 0.1) is 23.9 Å². The van der Waals surface area contributed by atoms with E-state index in [2.05, 4.69) is 45.7 Å². The standard InChI is InChI=1S/C33H44N8O4S/c1-7-31(42)39-15-11-27(39)23-8-9-26(40-20-28(22(40)4)41(21(2)3)46(6,44)45)25-19-35-30(18-24(23)25)36-29-10-14-34-32(37-29)38-16-12-33(5,43)13-17-38/h7-10,14,18-19,21-22,27-28,43H,1,11-13,15-17,20H2,2-6H3,(H,34,35,36,37)/t22-,27-,28+/m1/s1. The number of benzene rings is 1. The van der Waals surface area contributed by atoms with E-state index < -0.39 is 15.6 Å². The van der Waals surface area contributed by atoms with Crippen LogP contribution >= 0.6 is 0 Å². The van der Waals surface area contributed by atoms with Gasteiger partial charge in [-0.05, 0) is 82.2 Å². The predicted octanol–water partition coefficient (Wildman–Crippen LogP) is 3.83. The van der Waals surface area contributed by atoms with Crippen LogP contribution in [0.25, 0.3) is 10.8 Å². The Kier molecular flexibility index (Phi) is 8.45. The van der Waals surface area contributed by atoms with E-state index in [0.29, 0.717) is 56.6 Å². The Morgan fingerprint density at radius 2 is 1.89 bits per heavy atom. The highest BCUT2D eigenvalue weighted by Gasteiger charge is 2.45. The minimum Gasteiger partial charge on any atom is -0.390 e. The van der Waals surface area contributed by atoms with Gasteiger partial charge in [-0.1, -0.05) is 12.6 Å². The highest BCUT2D eigenvalue weighted by atomic mass is 32.2. The zero-order valence-electron chi connectivity index (χ0n) is 27.2. The number of hydrogen-bond acceptors (Lipinski definition) is 10. The number of nitrogens with zero attached hydrogens (tertiary/aromatic N) is 7. The van der Waals surface area contributed by atoms with Gasteiger partial charge in [0.2, 0.25) is 21.9 Å². The van der Waals surface area contributed by atoms with Gasteiger partial charge in [0.25, 0.3) is 0 Å². The maximum absolute atomic E-state index is 12.6. The first kappa shape index (κ1) is 32.1. The van der Waals surface area contributed by atoms with Crippen molar-refractivity contribution in [1.82, 2.24) is 24.2 Å². The Balaban J connectivity index is 1.33. The van der Waals surface area contributed by atoms with Crippen molar-refractivity contribution in [3.05, 3.63) is 54.9 Å². The Morgan fingerprint density at radius 1 is 1.15 bits per heavy atom. The van der Waals surface area contributed by atoms with Crippen LogP contribution in [0.3, 0.4) is 0 Å². The number of anilines is 4. The maximum atomic E-state index is 12.6. The second-order valence-electron chi connectivity index (χ2n) is 13.3. The molecule has 13 heteroatoms. The molecule has 0 unspecified atom stereocenters. The number of rotatable bonds is 9. The van der Waals surface area contributed by atoms with Crippen LogP contribution in [0.15, 0.2) is 49.3 Å². The fourth-order valence-corrected chi connectivity index (χ4v) is 8.55. The lowest BCUT2D eigenvalue weighted by Crippen LogP contribution is -2.68. The fourth-order valence-electron chi connectivity index (χ4n) is 7.05. The summed E-state index contributed by atoms with van der Waals surface area (Å²) in [6.07, 6.45) is 8.34. The summed E-state index contributed by atoms with van der Waals surface area (Å²) in [6, 6.07) is 7.56. The van der Waals surface area contributed by atoms with Gasteiger partial charge in [-0.2, -0.15) is 9.29 Å². The molecule has 5 heterocycles. The topological polar surface area (TPSA) is 135 Å². The number of aromatic nitrogens is 3. The summed E-state index contributed by atoms with van der Waals surface area (Å²) in [5.74, 6) is 1.72. The number of carbonyl (C=O) groups excluding carboxylic acids is 1. The third-order valence-corrected chi connectivity index (χ3v) is 11.2. The van der Waals surface area contributed by atoms with Crippen LogP contribution in [0.1, 0.15) is 58.6 Å². The molecule has 3 saturated heterocycles. The molecular formula is C33H44N8O4S. The summed E-state index contributed by atoms with van der Waals surface area (Å²) in [5.41, 5.74) is 1.34. The van der Waals surface area contributed by atoms with E-state index >= 15 is 0 Å². The number of nitrogens with one attached hydrogen (secondary N) is 1. The van der Waals surface area contributed by atoms with Gasteiger partial charge in [0.15, 0.2) is 0 Å². The average Bonchev–Trinajstić information content (AvgIpc) is 2.98. The molecule has 12 nitrogen and oxygen atoms in total. The van der Waals surface area contributed by atoms with Crippen LogP contribution in [0.4, 0.5) is 23.3 Å². The lowest BCUT2D eigenvalue weighted by Gasteiger charge is -2.53. The van der Waals surface area contributed by atoms with Crippen LogP contribution in [0.5, 0.6) is 0 Å². The van der Waals surface area contributed by atoms with Gasteiger partial charge >= 0.3 is 0 Å². The molecule has 0 radical (unpaired) electrons. The second-order valence-corrected chi connectivity index (χ2v) is 15.2. The number of pyridine rings is 1. The minimum absolute atomic E-state index is 0.0375. The molecule has 1 amide bonds. The van der Waals surface area contributed by atoms with Crippen molar-refractivity contribution in [2.24, 2.45) is 0 Å². The first-order valence-electron chi connectivity index (χ1n) is 16.0. The summed E-state index contributed by atoms with van der Waals surface area (Å²) in [6.45, 7) is 14.0. The Hall–Kier alpha value is -3.81. The minimum atomic E-state index is -3.37. The molecule has 3 atom stereocenters. The van der Waals surface area contributed by atoms with Crippen molar-refractivity contribution in [1.29, 1.82) is 0 Å². The van der Waals surface area contributed by atoms with Crippen LogP contribution in [0, 0.1) is 0 Å². The van der Waals surface area contributed by atoms with E-state index in [0.717, 1.165) is 28.4 Å². The smallest absolute Gasteiger partial charge is 0.246 e. The first-order valence-corrected chi connectivity index (χ1v) is 17.8. The third-order valence-electron chi connectivity index (χ3n) is 9.73. The second kappa shape index (κ2) is 12.1. The van der Waals surface area contributed by atoms with E-state index in [1.54, 1.807) is 16.6 Å². The quantitative estimate of drug-likeness (QED) is 0.330. The molecule has 3 aromatic rings. The zero-order chi connectivity index (χ0) is 33.0. The summed E-state index contributed by atoms with van der Waals surface area (Å²) in [5, 5.41) is 15.6. The van der Waals surface area contributed by atoms with Gasteiger partial charge in [-0.3, -0.25) is 4.79 Å². The van der Waals surface area contributed by atoms with E-state index in [1.165, 1.54) is 12.3 Å². The highest BCUT2D eigenvalue weighted by Crippen LogP contribution is 2.43. The number of hydrogen-bond donors (Lipinski definition) is 2. The Morgan fingerprint density at radius 3 is 2.50 bits per heavy atom. The molecule has 3 fully saturated rings. The van der Waals surface area contributed by atoms with Crippen LogP contribution < -0.4 is 15.1 Å². The van der Waals surface area contributed by atoms with Gasteiger partial charge < -0.3 is 25.1 Å². The molecule has 2 N–H and O–H groups in total. The molecule has 3 aliphatic heterocycles. The molecule has 3 aliphatic rings. The van der Waals surface area contributed by atoms with Crippen molar-refractivity contribution in [3.63, 3.8) is 0 Å². The number of sulfonamides is 1. The van der Waals surface area contributed by atoms with Crippen molar-refractivity contribution in [2.75, 3.05) is 47.6 Å². The van der Waals surface area contributed by atoms with Gasteiger partial charge in [0.1, 0.15) is 11.6 Å². The molecule has 6 rings (SSSR count). The van der Waals surface area contributed by atoms with E-state index in [-0.39, 0.29) is 30.1 Å². The van der Waals surface area contributed by atoms with Gasteiger partial charge in [0, 0.05) is 61.7 Å². The Bertz CT molecular complexity index is 1750. The van der Waals surface area contributed by atoms with E-state index in [4.69, 9.17) is 9.97 Å². The van der Waals surface area contributed by atoms with Crippen molar-refractivity contribution >= 4 is 50.0 Å². The normalized spacial score (nSPS) is 23.0. The molecule has 0 spiro atoms. The van der Waals surface area contributed by atoms with Crippen LogP contribution in [0.2, 0.25) is 0 Å². The summed E-state index contributed by atoms with van der Waals surface area (Å²) in [7, 11) is -3.37.